The molecule has 0 saturated carbocycles. The van der Waals surface area contributed by atoms with Gasteiger partial charge in [-0.2, -0.15) is 0 Å². The van der Waals surface area contributed by atoms with Crippen LogP contribution in [0, 0.1) is 19.9 Å². The Balaban J connectivity index is 2.34. The molecule has 0 aliphatic carbocycles. The van der Waals surface area contributed by atoms with Crippen LogP contribution in [0.25, 0.3) is 0 Å². The lowest BCUT2D eigenvalue weighted by atomic mass is 10.4. The molecule has 0 aliphatic heterocycles. The van der Waals surface area contributed by atoms with Crippen molar-refractivity contribution in [3.05, 3.63) is 47.9 Å². The summed E-state index contributed by atoms with van der Waals surface area (Å²) >= 11 is 0. The van der Waals surface area contributed by atoms with Gasteiger partial charge in [-0.15, -0.1) is 0 Å². The van der Waals surface area contributed by atoms with Crippen molar-refractivity contribution in [3.8, 4) is 0 Å². The van der Waals surface area contributed by atoms with E-state index in [1.54, 1.807) is 32.0 Å². The second-order valence-electron chi connectivity index (χ2n) is 3.78. The van der Waals surface area contributed by atoms with Gasteiger partial charge in [0.05, 0.1) is 4.90 Å². The first-order valence-electron chi connectivity index (χ1n) is 5.28. The van der Waals surface area contributed by atoms with E-state index in [0.717, 1.165) is 0 Å². The number of sulfonamides is 1. The number of aryl methyl sites for hydroxylation is 2. The average molecular weight is 262 g/mol. The van der Waals surface area contributed by atoms with E-state index in [1.807, 2.05) is 0 Å². The number of anilines is 1. The van der Waals surface area contributed by atoms with Gasteiger partial charge >= 0.3 is 0 Å². The highest BCUT2D eigenvalue weighted by Crippen LogP contribution is 2.14. The molecule has 2 rings (SSSR count). The third-order valence-corrected chi connectivity index (χ3v) is 3.57. The largest absolute Gasteiger partial charge is 0.263 e. The minimum atomic E-state index is -3.61. The summed E-state index contributed by atoms with van der Waals surface area (Å²) in [5.41, 5.74) is 0.710. The lowest BCUT2D eigenvalue weighted by Crippen LogP contribution is -2.14. The maximum atomic E-state index is 12.0. The van der Waals surface area contributed by atoms with Crippen molar-refractivity contribution in [1.82, 2.24) is 9.97 Å². The summed E-state index contributed by atoms with van der Waals surface area (Å²) in [6.07, 6.45) is 0. The van der Waals surface area contributed by atoms with Crippen LogP contribution in [0.3, 0.4) is 0 Å². The molecule has 0 spiro atoms. The third kappa shape index (κ3) is 2.84. The Bertz CT molecular complexity index is 634. The van der Waals surface area contributed by atoms with Crippen molar-refractivity contribution in [2.45, 2.75) is 18.7 Å². The Morgan fingerprint density at radius 1 is 1.17 bits per heavy atom. The lowest BCUT2D eigenvalue weighted by molar-refractivity contribution is 0.601. The van der Waals surface area contributed by atoms with Crippen LogP contribution in [0.15, 0.2) is 35.2 Å². The van der Waals surface area contributed by atoms with Crippen molar-refractivity contribution in [2.24, 2.45) is 0 Å². The van der Waals surface area contributed by atoms with Crippen LogP contribution in [0.5, 0.6) is 0 Å². The SMILES string of the molecule is Cc1cc(NS(=O)(=O)c2cc[c]cc2)nc(C)n1. The second-order valence-corrected chi connectivity index (χ2v) is 5.47. The van der Waals surface area contributed by atoms with Crippen LogP contribution >= 0.6 is 0 Å². The summed E-state index contributed by atoms with van der Waals surface area (Å²) in [4.78, 5) is 8.30. The van der Waals surface area contributed by atoms with E-state index in [9.17, 15) is 8.42 Å². The van der Waals surface area contributed by atoms with Crippen LogP contribution < -0.4 is 4.72 Å². The van der Waals surface area contributed by atoms with E-state index in [2.05, 4.69) is 20.8 Å². The molecular weight excluding hydrogens is 250 g/mol. The Morgan fingerprint density at radius 3 is 2.44 bits per heavy atom. The van der Waals surface area contributed by atoms with Crippen molar-refractivity contribution in [1.29, 1.82) is 0 Å². The number of nitrogens with one attached hydrogen (secondary N) is 1. The summed E-state index contributed by atoms with van der Waals surface area (Å²) in [6, 6.07) is 10.4. The molecule has 0 atom stereocenters. The molecule has 93 valence electrons. The topological polar surface area (TPSA) is 72.0 Å². The molecular formula is C12H12N3O2S. The van der Waals surface area contributed by atoms with Gasteiger partial charge in [0.15, 0.2) is 0 Å². The Kier molecular flexibility index (Phi) is 3.29. The number of benzene rings is 1. The zero-order valence-corrected chi connectivity index (χ0v) is 10.8. The third-order valence-electron chi connectivity index (χ3n) is 2.20. The molecule has 1 radical (unpaired) electrons. The fourth-order valence-electron chi connectivity index (χ4n) is 1.52. The minimum absolute atomic E-state index is 0.176. The minimum Gasteiger partial charge on any atom is -0.263 e. The van der Waals surface area contributed by atoms with E-state index in [0.29, 0.717) is 11.5 Å². The smallest absolute Gasteiger partial charge is 0.263 e. The fraction of sp³-hybridized carbons (Fsp3) is 0.167. The predicted octanol–water partition coefficient (Wildman–Crippen LogP) is 1.69. The molecule has 6 heteroatoms. The van der Waals surface area contributed by atoms with E-state index in [1.165, 1.54) is 12.1 Å². The van der Waals surface area contributed by atoms with Gasteiger partial charge in [-0.05, 0) is 32.0 Å². The van der Waals surface area contributed by atoms with Crippen molar-refractivity contribution in [2.75, 3.05) is 4.72 Å². The van der Waals surface area contributed by atoms with E-state index < -0.39 is 10.0 Å². The monoisotopic (exact) mass is 262 g/mol. The Morgan fingerprint density at radius 2 is 1.83 bits per heavy atom. The molecule has 1 N–H and O–H groups in total. The molecule has 18 heavy (non-hydrogen) atoms. The first kappa shape index (κ1) is 12.5. The highest BCUT2D eigenvalue weighted by atomic mass is 32.2. The van der Waals surface area contributed by atoms with Gasteiger partial charge in [-0.25, -0.2) is 18.4 Å². The standard InChI is InChI=1S/C12H12N3O2S/c1-9-8-12(14-10(2)13-9)15-18(16,17)11-6-4-3-5-7-11/h4-8H,1-2H3,(H,13,14,15). The summed E-state index contributed by atoms with van der Waals surface area (Å²) in [6.45, 7) is 3.49. The van der Waals surface area contributed by atoms with Crippen LogP contribution in [-0.4, -0.2) is 18.4 Å². The molecule has 0 aliphatic rings. The van der Waals surface area contributed by atoms with Crippen LogP contribution in [0.4, 0.5) is 5.82 Å². The number of hydrogen-bond acceptors (Lipinski definition) is 4. The van der Waals surface area contributed by atoms with Gasteiger partial charge in [0, 0.05) is 11.8 Å². The Hall–Kier alpha value is -1.95. The van der Waals surface area contributed by atoms with Crippen molar-refractivity contribution >= 4 is 15.8 Å². The van der Waals surface area contributed by atoms with Crippen LogP contribution in [0.1, 0.15) is 11.5 Å². The van der Waals surface area contributed by atoms with Gasteiger partial charge in [-0.1, -0.05) is 12.1 Å². The van der Waals surface area contributed by atoms with Crippen molar-refractivity contribution < 1.29 is 8.42 Å². The maximum absolute atomic E-state index is 12.0. The molecule has 1 heterocycles. The van der Waals surface area contributed by atoms with Crippen molar-refractivity contribution in [3.63, 3.8) is 0 Å². The second kappa shape index (κ2) is 4.73. The summed E-state index contributed by atoms with van der Waals surface area (Å²) in [7, 11) is -3.61. The van der Waals surface area contributed by atoms with E-state index in [-0.39, 0.29) is 10.7 Å². The van der Waals surface area contributed by atoms with Gasteiger partial charge in [-0.3, -0.25) is 4.72 Å². The quantitative estimate of drug-likeness (QED) is 0.913. The van der Waals surface area contributed by atoms with Gasteiger partial charge in [0.25, 0.3) is 10.0 Å². The van der Waals surface area contributed by atoms with E-state index >= 15 is 0 Å². The molecule has 0 bridgehead atoms. The summed E-state index contributed by atoms with van der Waals surface area (Å²) in [5.74, 6) is 0.793. The number of rotatable bonds is 3. The summed E-state index contributed by atoms with van der Waals surface area (Å²) < 4.78 is 26.5. The highest BCUT2D eigenvalue weighted by Gasteiger charge is 2.14. The maximum Gasteiger partial charge on any atom is 0.263 e. The van der Waals surface area contributed by atoms with E-state index in [4.69, 9.17) is 0 Å². The molecule has 0 unspecified atom stereocenters. The fourth-order valence-corrected chi connectivity index (χ4v) is 2.51. The van der Waals surface area contributed by atoms with Gasteiger partial charge in [0.2, 0.25) is 0 Å². The Labute approximate surface area is 106 Å². The summed E-state index contributed by atoms with van der Waals surface area (Å²) in [5, 5.41) is 0. The van der Waals surface area contributed by atoms with Crippen LogP contribution in [0.2, 0.25) is 0 Å². The molecule has 2 aromatic rings. The average Bonchev–Trinajstić information content (AvgIpc) is 2.28. The number of nitrogens with zero attached hydrogens (tertiary/aromatic N) is 2. The normalized spacial score (nSPS) is 11.2. The molecule has 0 amide bonds. The number of hydrogen-bond donors (Lipinski definition) is 1. The first-order valence-corrected chi connectivity index (χ1v) is 6.77. The van der Waals surface area contributed by atoms with Crippen LogP contribution in [-0.2, 0) is 10.0 Å². The molecule has 5 nitrogen and oxygen atoms in total. The zero-order valence-electron chi connectivity index (χ0n) is 10.0. The first-order chi connectivity index (χ1) is 8.47. The predicted molar refractivity (Wildman–Crippen MR) is 67.6 cm³/mol. The molecule has 1 aromatic carbocycles. The zero-order chi connectivity index (χ0) is 13.2. The highest BCUT2D eigenvalue weighted by molar-refractivity contribution is 7.92. The van der Waals surface area contributed by atoms with Gasteiger partial charge in [0.1, 0.15) is 11.6 Å². The molecule has 0 saturated heterocycles. The van der Waals surface area contributed by atoms with Gasteiger partial charge < -0.3 is 0 Å². The lowest BCUT2D eigenvalue weighted by Gasteiger charge is -2.08. The molecule has 0 fully saturated rings. The number of aromatic nitrogens is 2. The molecule has 1 aromatic heterocycles.